The molecule has 1 spiro atoms. The quantitative estimate of drug-likeness (QED) is 0.908. The van der Waals surface area contributed by atoms with Gasteiger partial charge in [0, 0.05) is 31.7 Å². The molecule has 124 valence electrons. The number of likely N-dealkylation sites (N-methyl/N-ethyl adjacent to an activating group) is 1. The molecule has 2 aromatic heterocycles. The van der Waals surface area contributed by atoms with Gasteiger partial charge in [-0.1, -0.05) is 0 Å². The first-order valence-electron chi connectivity index (χ1n) is 7.96. The van der Waals surface area contributed by atoms with Crippen LogP contribution in [-0.4, -0.2) is 59.6 Å². The zero-order valence-corrected chi connectivity index (χ0v) is 14.2. The van der Waals surface area contributed by atoms with Gasteiger partial charge >= 0.3 is 0 Å². The summed E-state index contributed by atoms with van der Waals surface area (Å²) in [6, 6.07) is 2.13. The van der Waals surface area contributed by atoms with Crippen molar-refractivity contribution in [1.82, 2.24) is 19.3 Å². The Labute approximate surface area is 135 Å². The van der Waals surface area contributed by atoms with Gasteiger partial charge in [0.2, 0.25) is 10.0 Å². The molecule has 2 aliphatic rings. The second-order valence-electron chi connectivity index (χ2n) is 6.62. The predicted octanol–water partition coefficient (Wildman–Crippen LogP) is 1.21. The molecule has 8 heteroatoms. The van der Waals surface area contributed by atoms with Crippen molar-refractivity contribution in [2.45, 2.75) is 25.8 Å². The van der Waals surface area contributed by atoms with Crippen molar-refractivity contribution >= 4 is 26.9 Å². The zero-order valence-electron chi connectivity index (χ0n) is 13.4. The molecule has 0 radical (unpaired) electrons. The molecule has 1 N–H and O–H groups in total. The molecule has 0 amide bonds. The maximum Gasteiger partial charge on any atom is 0.213 e. The van der Waals surface area contributed by atoms with Gasteiger partial charge in [-0.05, 0) is 25.8 Å². The zero-order chi connectivity index (χ0) is 16.2. The van der Waals surface area contributed by atoms with E-state index in [1.165, 1.54) is 0 Å². The number of anilines is 1. The molecular formula is C15H21N5O2S. The van der Waals surface area contributed by atoms with E-state index in [2.05, 4.69) is 19.9 Å². The Morgan fingerprint density at radius 3 is 2.91 bits per heavy atom. The molecule has 1 aliphatic carbocycles. The predicted molar refractivity (Wildman–Crippen MR) is 88.8 cm³/mol. The van der Waals surface area contributed by atoms with Gasteiger partial charge in [-0.2, -0.15) is 4.31 Å². The van der Waals surface area contributed by atoms with Crippen LogP contribution in [0.3, 0.4) is 0 Å². The fourth-order valence-electron chi connectivity index (χ4n) is 3.77. The molecule has 23 heavy (non-hydrogen) atoms. The van der Waals surface area contributed by atoms with Crippen LogP contribution >= 0.6 is 0 Å². The van der Waals surface area contributed by atoms with Crippen molar-refractivity contribution in [1.29, 1.82) is 0 Å². The Morgan fingerprint density at radius 2 is 2.22 bits per heavy atom. The maximum atomic E-state index is 12.3. The summed E-state index contributed by atoms with van der Waals surface area (Å²) in [5.41, 5.74) is 0.896. The van der Waals surface area contributed by atoms with Crippen LogP contribution in [0.25, 0.3) is 11.0 Å². The van der Waals surface area contributed by atoms with Crippen molar-refractivity contribution in [3.8, 4) is 0 Å². The van der Waals surface area contributed by atoms with Crippen molar-refractivity contribution in [2.75, 3.05) is 30.8 Å². The average Bonchev–Trinajstić information content (AvgIpc) is 2.98. The third kappa shape index (κ3) is 2.23. The number of nitrogens with zero attached hydrogens (tertiary/aromatic N) is 4. The molecule has 1 saturated heterocycles. The fraction of sp³-hybridized carbons (Fsp3) is 0.600. The number of nitrogens with one attached hydrogen (secondary N) is 1. The van der Waals surface area contributed by atoms with E-state index in [1.807, 2.05) is 19.3 Å². The summed E-state index contributed by atoms with van der Waals surface area (Å²) in [5.74, 6) is 1.03. The minimum Gasteiger partial charge on any atom is -0.354 e. The molecule has 1 aliphatic heterocycles. The monoisotopic (exact) mass is 335 g/mol. The smallest absolute Gasteiger partial charge is 0.213 e. The van der Waals surface area contributed by atoms with Crippen molar-refractivity contribution in [2.24, 2.45) is 5.41 Å². The minimum atomic E-state index is -3.14. The summed E-state index contributed by atoms with van der Waals surface area (Å²) < 4.78 is 26.2. The van der Waals surface area contributed by atoms with Crippen LogP contribution in [-0.2, 0) is 10.0 Å². The molecule has 1 atom stereocenters. The Bertz CT molecular complexity index is 842. The van der Waals surface area contributed by atoms with Crippen LogP contribution in [0, 0.1) is 5.41 Å². The van der Waals surface area contributed by atoms with E-state index in [1.54, 1.807) is 17.6 Å². The van der Waals surface area contributed by atoms with E-state index in [4.69, 9.17) is 0 Å². The maximum absolute atomic E-state index is 12.3. The molecule has 7 nitrogen and oxygen atoms in total. The average molecular weight is 335 g/mol. The van der Waals surface area contributed by atoms with Crippen molar-refractivity contribution in [3.63, 3.8) is 0 Å². The summed E-state index contributed by atoms with van der Waals surface area (Å²) in [5, 5.41) is 0.975. The summed E-state index contributed by atoms with van der Waals surface area (Å²) in [6.45, 7) is 2.89. The number of sulfonamides is 1. The summed E-state index contributed by atoms with van der Waals surface area (Å²) in [6.07, 6.45) is 5.57. The Morgan fingerprint density at radius 1 is 1.43 bits per heavy atom. The van der Waals surface area contributed by atoms with Crippen LogP contribution < -0.4 is 4.90 Å². The van der Waals surface area contributed by atoms with Gasteiger partial charge in [0.05, 0.1) is 17.2 Å². The summed E-state index contributed by atoms with van der Waals surface area (Å²) in [7, 11) is -1.13. The highest BCUT2D eigenvalue weighted by atomic mass is 32.2. The number of hydrogen-bond acceptors (Lipinski definition) is 5. The minimum absolute atomic E-state index is 0.0879. The van der Waals surface area contributed by atoms with Gasteiger partial charge in [-0.25, -0.2) is 18.4 Å². The van der Waals surface area contributed by atoms with Crippen LogP contribution in [0.1, 0.15) is 19.8 Å². The molecular weight excluding hydrogens is 314 g/mol. The number of hydrogen-bond donors (Lipinski definition) is 1. The van der Waals surface area contributed by atoms with E-state index < -0.39 is 10.0 Å². The van der Waals surface area contributed by atoms with E-state index in [-0.39, 0.29) is 17.2 Å². The van der Waals surface area contributed by atoms with E-state index >= 15 is 0 Å². The van der Waals surface area contributed by atoms with E-state index in [0.717, 1.165) is 29.7 Å². The van der Waals surface area contributed by atoms with Crippen LogP contribution in [0.15, 0.2) is 18.6 Å². The van der Waals surface area contributed by atoms with Crippen LogP contribution in [0.2, 0.25) is 0 Å². The molecule has 0 unspecified atom stereocenters. The highest BCUT2D eigenvalue weighted by Gasteiger charge is 2.58. The van der Waals surface area contributed by atoms with E-state index in [9.17, 15) is 8.42 Å². The standard InChI is InChI=1S/C15H21N5O2S/c1-3-23(21,22)20-8-12(15(9-20)5-6-15)19(2)14-11-4-7-16-13(11)17-10-18-14/h4,7,10,12H,3,5-6,8-9H2,1-2H3,(H,16,17,18)/t12-/m1/s1. The lowest BCUT2D eigenvalue weighted by Gasteiger charge is -2.30. The highest BCUT2D eigenvalue weighted by molar-refractivity contribution is 7.89. The van der Waals surface area contributed by atoms with Gasteiger partial charge in [0.25, 0.3) is 0 Å². The lowest BCUT2D eigenvalue weighted by atomic mass is 9.99. The topological polar surface area (TPSA) is 82.2 Å². The fourth-order valence-corrected chi connectivity index (χ4v) is 4.96. The van der Waals surface area contributed by atoms with Crippen LogP contribution in [0.4, 0.5) is 5.82 Å². The molecule has 4 rings (SSSR count). The molecule has 1 saturated carbocycles. The third-order valence-corrected chi connectivity index (χ3v) is 7.15. The number of rotatable bonds is 4. The van der Waals surface area contributed by atoms with Gasteiger partial charge in [0.1, 0.15) is 17.8 Å². The first-order valence-corrected chi connectivity index (χ1v) is 9.56. The van der Waals surface area contributed by atoms with Crippen molar-refractivity contribution in [3.05, 3.63) is 18.6 Å². The Kier molecular flexibility index (Phi) is 3.18. The van der Waals surface area contributed by atoms with Gasteiger partial charge < -0.3 is 9.88 Å². The largest absolute Gasteiger partial charge is 0.354 e. The highest BCUT2D eigenvalue weighted by Crippen LogP contribution is 2.55. The van der Waals surface area contributed by atoms with Crippen LogP contribution in [0.5, 0.6) is 0 Å². The molecule has 0 aromatic carbocycles. The number of aromatic amines is 1. The first kappa shape index (κ1) is 14.9. The van der Waals surface area contributed by atoms with Gasteiger partial charge in [-0.3, -0.25) is 0 Å². The SMILES string of the molecule is CCS(=O)(=O)N1C[C@@H](N(C)c2ncnc3[nH]ccc23)C2(CC2)C1. The molecule has 2 fully saturated rings. The second-order valence-corrected chi connectivity index (χ2v) is 8.88. The van der Waals surface area contributed by atoms with Gasteiger partial charge in [0.15, 0.2) is 0 Å². The lowest BCUT2D eigenvalue weighted by Crippen LogP contribution is -2.40. The normalized spacial score (nSPS) is 23.7. The second kappa shape index (κ2) is 4.91. The molecule has 3 heterocycles. The van der Waals surface area contributed by atoms with Gasteiger partial charge in [-0.15, -0.1) is 0 Å². The first-order chi connectivity index (χ1) is 11.0. The Balaban J connectivity index is 1.69. The lowest BCUT2D eigenvalue weighted by molar-refractivity contribution is 0.447. The number of fused-ring (bicyclic) bond motifs is 1. The number of H-pyrrole nitrogens is 1. The molecule has 0 bridgehead atoms. The van der Waals surface area contributed by atoms with E-state index in [0.29, 0.717) is 13.1 Å². The Hall–Kier alpha value is -1.67. The molecule has 2 aromatic rings. The van der Waals surface area contributed by atoms with Crippen molar-refractivity contribution < 1.29 is 8.42 Å². The third-order valence-electron chi connectivity index (χ3n) is 5.36. The summed E-state index contributed by atoms with van der Waals surface area (Å²) >= 11 is 0. The number of aromatic nitrogens is 3. The summed E-state index contributed by atoms with van der Waals surface area (Å²) in [4.78, 5) is 13.9.